The van der Waals surface area contributed by atoms with Crippen LogP contribution in [0.25, 0.3) is 0 Å². The van der Waals surface area contributed by atoms with E-state index in [-0.39, 0.29) is 10.7 Å². The van der Waals surface area contributed by atoms with E-state index in [1.165, 1.54) is 0 Å². The monoisotopic (exact) mass is 309 g/mol. The van der Waals surface area contributed by atoms with E-state index in [4.69, 9.17) is 23.2 Å². The summed E-state index contributed by atoms with van der Waals surface area (Å²) < 4.78 is 0. The van der Waals surface area contributed by atoms with Gasteiger partial charge in [-0.1, -0.05) is 29.3 Å². The number of aryl methyl sites for hydroxylation is 1. The van der Waals surface area contributed by atoms with Crippen LogP contribution in [-0.4, -0.2) is 17.9 Å². The van der Waals surface area contributed by atoms with Crippen molar-refractivity contribution in [1.29, 1.82) is 0 Å². The second-order valence-corrected chi connectivity index (χ2v) is 5.03. The molecule has 6 heteroatoms. The number of hydrogen-bond acceptors (Lipinski definition) is 3. The molecule has 2 rings (SSSR count). The number of hydrogen-bond donors (Lipinski definition) is 2. The highest BCUT2D eigenvalue weighted by atomic mass is 35.5. The Kier molecular flexibility index (Phi) is 4.47. The Balaban J connectivity index is 2.28. The molecule has 2 N–H and O–H groups in total. The van der Waals surface area contributed by atoms with Crippen molar-refractivity contribution < 1.29 is 4.79 Å². The topological polar surface area (TPSA) is 54.0 Å². The highest BCUT2D eigenvalue weighted by Crippen LogP contribution is 2.24. The van der Waals surface area contributed by atoms with Crippen molar-refractivity contribution in [3.63, 3.8) is 0 Å². The van der Waals surface area contributed by atoms with Crippen molar-refractivity contribution >= 4 is 40.6 Å². The zero-order valence-electron chi connectivity index (χ0n) is 11.0. The number of carbonyl (C=O) groups is 1. The molecule has 0 radical (unpaired) electrons. The predicted molar refractivity (Wildman–Crippen MR) is 82.9 cm³/mol. The zero-order valence-corrected chi connectivity index (χ0v) is 12.5. The summed E-state index contributed by atoms with van der Waals surface area (Å²) in [6.07, 6.45) is 0. The Morgan fingerprint density at radius 3 is 2.55 bits per heavy atom. The third-order valence-corrected chi connectivity index (χ3v) is 3.31. The third-order valence-electron chi connectivity index (χ3n) is 2.69. The first-order valence-corrected chi connectivity index (χ1v) is 6.68. The second-order valence-electron chi connectivity index (χ2n) is 4.21. The summed E-state index contributed by atoms with van der Waals surface area (Å²) in [6.45, 7) is 1.92. The average molecular weight is 310 g/mol. The first-order valence-electron chi connectivity index (χ1n) is 5.93. The smallest absolute Gasteiger partial charge is 0.275 e. The van der Waals surface area contributed by atoms with Gasteiger partial charge in [0.05, 0.1) is 15.7 Å². The molecule has 0 saturated heterocycles. The number of nitrogens with zero attached hydrogens (tertiary/aromatic N) is 1. The van der Waals surface area contributed by atoms with Crippen LogP contribution < -0.4 is 10.6 Å². The number of rotatable bonds is 3. The van der Waals surface area contributed by atoms with E-state index < -0.39 is 5.91 Å². The average Bonchev–Trinajstić information content (AvgIpc) is 2.42. The Morgan fingerprint density at radius 2 is 1.90 bits per heavy atom. The van der Waals surface area contributed by atoms with Crippen LogP contribution in [0.15, 0.2) is 30.3 Å². The summed E-state index contributed by atoms with van der Waals surface area (Å²) in [4.78, 5) is 16.3. The van der Waals surface area contributed by atoms with E-state index in [1.54, 1.807) is 31.3 Å². The van der Waals surface area contributed by atoms with Crippen molar-refractivity contribution in [3.05, 3.63) is 51.6 Å². The highest BCUT2D eigenvalue weighted by Gasteiger charge is 2.14. The van der Waals surface area contributed by atoms with Crippen LogP contribution in [0, 0.1) is 6.92 Å². The SMILES string of the molecule is CNc1ccc(Cl)c(C(=O)Nc2ccc(C)cc2Cl)n1. The van der Waals surface area contributed by atoms with Crippen molar-refractivity contribution in [2.45, 2.75) is 6.92 Å². The molecule has 104 valence electrons. The first-order chi connectivity index (χ1) is 9.51. The van der Waals surface area contributed by atoms with Crippen LogP contribution >= 0.6 is 23.2 Å². The zero-order chi connectivity index (χ0) is 14.7. The number of amides is 1. The summed E-state index contributed by atoms with van der Waals surface area (Å²) in [6, 6.07) is 8.69. The van der Waals surface area contributed by atoms with E-state index in [9.17, 15) is 4.79 Å². The molecule has 0 bridgehead atoms. The van der Waals surface area contributed by atoms with Crippen LogP contribution in [-0.2, 0) is 0 Å². The molecule has 0 aliphatic rings. The molecule has 0 aliphatic heterocycles. The van der Waals surface area contributed by atoms with Gasteiger partial charge < -0.3 is 10.6 Å². The summed E-state index contributed by atoms with van der Waals surface area (Å²) in [7, 11) is 1.72. The number of anilines is 2. The molecule has 1 heterocycles. The van der Waals surface area contributed by atoms with Gasteiger partial charge in [-0.2, -0.15) is 0 Å². The van der Waals surface area contributed by atoms with Gasteiger partial charge in [0, 0.05) is 7.05 Å². The lowest BCUT2D eigenvalue weighted by molar-refractivity contribution is 0.102. The lowest BCUT2D eigenvalue weighted by atomic mass is 10.2. The predicted octanol–water partition coefficient (Wildman–Crippen LogP) is 3.99. The quantitative estimate of drug-likeness (QED) is 0.901. The third kappa shape index (κ3) is 3.21. The van der Waals surface area contributed by atoms with Crippen LogP contribution in [0.4, 0.5) is 11.5 Å². The molecule has 0 saturated carbocycles. The largest absolute Gasteiger partial charge is 0.373 e. The van der Waals surface area contributed by atoms with E-state index in [0.29, 0.717) is 16.5 Å². The number of benzene rings is 1. The molecule has 4 nitrogen and oxygen atoms in total. The molecule has 0 aliphatic carbocycles. The molecule has 1 amide bonds. The van der Waals surface area contributed by atoms with Gasteiger partial charge in [-0.15, -0.1) is 0 Å². The van der Waals surface area contributed by atoms with Gasteiger partial charge in [-0.05, 0) is 36.8 Å². The minimum atomic E-state index is -0.405. The fourth-order valence-corrected chi connectivity index (χ4v) is 2.12. The van der Waals surface area contributed by atoms with Gasteiger partial charge in [0.1, 0.15) is 11.5 Å². The van der Waals surface area contributed by atoms with Crippen LogP contribution in [0.2, 0.25) is 10.0 Å². The van der Waals surface area contributed by atoms with Gasteiger partial charge >= 0.3 is 0 Å². The first kappa shape index (κ1) is 14.6. The van der Waals surface area contributed by atoms with E-state index in [1.807, 2.05) is 13.0 Å². The van der Waals surface area contributed by atoms with Gasteiger partial charge in [0.2, 0.25) is 0 Å². The molecule has 0 fully saturated rings. The van der Waals surface area contributed by atoms with Crippen LogP contribution in [0.3, 0.4) is 0 Å². The number of nitrogens with one attached hydrogen (secondary N) is 2. The Labute approximate surface area is 127 Å². The van der Waals surface area contributed by atoms with Crippen LogP contribution in [0.5, 0.6) is 0 Å². The number of aromatic nitrogens is 1. The molecule has 2 aromatic rings. The lowest BCUT2D eigenvalue weighted by Gasteiger charge is -2.09. The summed E-state index contributed by atoms with van der Waals surface area (Å²) in [5.74, 6) is 0.160. The summed E-state index contributed by atoms with van der Waals surface area (Å²) in [5, 5.41) is 6.31. The standard InChI is InChI=1S/C14H13Cl2N3O/c1-8-3-5-11(10(16)7-8)18-14(20)13-9(15)4-6-12(17-2)19-13/h3-7H,1-2H3,(H,17,19)(H,18,20). The normalized spacial score (nSPS) is 10.2. The number of carbonyl (C=O) groups excluding carboxylic acids is 1. The van der Waals surface area contributed by atoms with E-state index in [0.717, 1.165) is 5.56 Å². The highest BCUT2D eigenvalue weighted by molar-refractivity contribution is 6.35. The number of pyridine rings is 1. The Bertz CT molecular complexity index is 659. The van der Waals surface area contributed by atoms with Gasteiger partial charge in [-0.3, -0.25) is 4.79 Å². The van der Waals surface area contributed by atoms with Crippen molar-refractivity contribution in [2.75, 3.05) is 17.7 Å². The molecule has 20 heavy (non-hydrogen) atoms. The molecule has 0 unspecified atom stereocenters. The van der Waals surface area contributed by atoms with E-state index >= 15 is 0 Å². The Morgan fingerprint density at radius 1 is 1.15 bits per heavy atom. The maximum atomic E-state index is 12.2. The second kappa shape index (κ2) is 6.11. The summed E-state index contributed by atoms with van der Waals surface area (Å²) >= 11 is 12.1. The van der Waals surface area contributed by atoms with E-state index in [2.05, 4.69) is 15.6 Å². The van der Waals surface area contributed by atoms with Gasteiger partial charge in [-0.25, -0.2) is 4.98 Å². The fourth-order valence-electron chi connectivity index (χ4n) is 1.64. The van der Waals surface area contributed by atoms with Gasteiger partial charge in [0.25, 0.3) is 5.91 Å². The minimum Gasteiger partial charge on any atom is -0.373 e. The maximum absolute atomic E-state index is 12.2. The van der Waals surface area contributed by atoms with Crippen molar-refractivity contribution in [1.82, 2.24) is 4.98 Å². The van der Waals surface area contributed by atoms with Gasteiger partial charge in [0.15, 0.2) is 0 Å². The minimum absolute atomic E-state index is 0.148. The van der Waals surface area contributed by atoms with Crippen LogP contribution in [0.1, 0.15) is 16.1 Å². The fraction of sp³-hybridized carbons (Fsp3) is 0.143. The molecular formula is C14H13Cl2N3O. The lowest BCUT2D eigenvalue weighted by Crippen LogP contribution is -2.15. The maximum Gasteiger partial charge on any atom is 0.275 e. The van der Waals surface area contributed by atoms with Crippen molar-refractivity contribution in [3.8, 4) is 0 Å². The molecule has 1 aromatic carbocycles. The Hall–Kier alpha value is -1.78. The van der Waals surface area contributed by atoms with Crippen molar-refractivity contribution in [2.24, 2.45) is 0 Å². The molecule has 0 spiro atoms. The molecular weight excluding hydrogens is 297 g/mol. The number of halogens is 2. The summed E-state index contributed by atoms with van der Waals surface area (Å²) in [5.41, 5.74) is 1.69. The molecule has 1 aromatic heterocycles. The molecule has 0 atom stereocenters.